The van der Waals surface area contributed by atoms with E-state index in [1.54, 1.807) is 0 Å². The van der Waals surface area contributed by atoms with Gasteiger partial charge in [-0.1, -0.05) is 0 Å². The summed E-state index contributed by atoms with van der Waals surface area (Å²) >= 11 is 0. The third-order valence-corrected chi connectivity index (χ3v) is 2.55. The average Bonchev–Trinajstić information content (AvgIpc) is 2.65. The van der Waals surface area contributed by atoms with Crippen molar-refractivity contribution < 1.29 is 9.59 Å². The van der Waals surface area contributed by atoms with Crippen LogP contribution >= 0.6 is 0 Å². The number of likely N-dealkylation sites (tertiary alicyclic amines) is 1. The molecule has 0 saturated carbocycles. The van der Waals surface area contributed by atoms with Gasteiger partial charge in [-0.2, -0.15) is 0 Å². The van der Waals surface area contributed by atoms with Gasteiger partial charge in [0.15, 0.2) is 0 Å². The number of imide groups is 1. The predicted octanol–water partition coefficient (Wildman–Crippen LogP) is -1.28. The maximum absolute atomic E-state index is 11.3. The molecule has 0 aromatic rings. The number of hydrogen-bond donors (Lipinski definition) is 3. The van der Waals surface area contributed by atoms with Crippen LogP contribution in [0.15, 0.2) is 0 Å². The van der Waals surface area contributed by atoms with Crippen LogP contribution < -0.4 is 16.4 Å². The summed E-state index contributed by atoms with van der Waals surface area (Å²) in [5.74, 6) is 0.213. The second-order valence-electron chi connectivity index (χ2n) is 3.75. The molecule has 15 heavy (non-hydrogen) atoms. The Kier molecular flexibility index (Phi) is 4.51. The van der Waals surface area contributed by atoms with Crippen molar-refractivity contribution >= 4 is 11.9 Å². The predicted molar refractivity (Wildman–Crippen MR) is 56.2 cm³/mol. The van der Waals surface area contributed by atoms with E-state index in [0.717, 1.165) is 19.5 Å². The van der Waals surface area contributed by atoms with E-state index in [1.807, 2.05) is 4.90 Å². The zero-order valence-corrected chi connectivity index (χ0v) is 8.95. The minimum Gasteiger partial charge on any atom is -0.341 e. The van der Waals surface area contributed by atoms with Crippen LogP contribution in [0.3, 0.4) is 0 Å². The molecule has 0 bridgehead atoms. The van der Waals surface area contributed by atoms with Crippen LogP contribution in [0.5, 0.6) is 0 Å². The Morgan fingerprint density at radius 3 is 2.80 bits per heavy atom. The van der Waals surface area contributed by atoms with Gasteiger partial charge in [-0.3, -0.25) is 15.0 Å². The molecule has 1 aliphatic heterocycles. The Labute approximate surface area is 89.2 Å². The summed E-state index contributed by atoms with van der Waals surface area (Å²) in [6, 6.07) is -0.463. The minimum atomic E-state index is -0.463. The molecule has 1 atom stereocenters. The zero-order valence-electron chi connectivity index (χ0n) is 8.95. The van der Waals surface area contributed by atoms with Gasteiger partial charge in [0, 0.05) is 13.6 Å². The molecule has 86 valence electrons. The van der Waals surface area contributed by atoms with Gasteiger partial charge in [-0.25, -0.2) is 4.79 Å². The topological polar surface area (TPSA) is 87.5 Å². The van der Waals surface area contributed by atoms with E-state index < -0.39 is 6.03 Å². The molecule has 1 heterocycles. The molecule has 1 rings (SSSR count). The molecule has 0 aromatic heterocycles. The Balaban J connectivity index is 2.24. The molecule has 6 heteroatoms. The van der Waals surface area contributed by atoms with Crippen LogP contribution in [-0.2, 0) is 4.79 Å². The number of rotatable bonds is 3. The molecule has 1 fully saturated rings. The quantitative estimate of drug-likeness (QED) is 0.546. The molecule has 0 radical (unpaired) electrons. The Hall–Kier alpha value is -1.14. The highest BCUT2D eigenvalue weighted by Gasteiger charge is 2.23. The van der Waals surface area contributed by atoms with Crippen LogP contribution in [0, 0.1) is 5.92 Å². The SMILES string of the molecule is CNC(=O)NC(=O)CN1CCC(CN)C1. The number of amides is 3. The van der Waals surface area contributed by atoms with Crippen molar-refractivity contribution in [1.82, 2.24) is 15.5 Å². The van der Waals surface area contributed by atoms with Gasteiger partial charge in [0.25, 0.3) is 0 Å². The Morgan fingerprint density at radius 1 is 1.53 bits per heavy atom. The first-order chi connectivity index (χ1) is 7.15. The van der Waals surface area contributed by atoms with Gasteiger partial charge in [0.05, 0.1) is 6.54 Å². The summed E-state index contributed by atoms with van der Waals surface area (Å²) in [6.07, 6.45) is 1.03. The maximum atomic E-state index is 11.3. The second kappa shape index (κ2) is 5.67. The number of hydrogen-bond acceptors (Lipinski definition) is 4. The Bertz CT molecular complexity index is 244. The molecular formula is C9H18N4O2. The van der Waals surface area contributed by atoms with E-state index in [2.05, 4.69) is 10.6 Å². The molecule has 0 aliphatic carbocycles. The number of nitrogens with one attached hydrogen (secondary N) is 2. The average molecular weight is 214 g/mol. The standard InChI is InChI=1S/C9H18N4O2/c1-11-9(15)12-8(14)6-13-3-2-7(4-10)5-13/h7H,2-6,10H2,1H3,(H2,11,12,14,15). The highest BCUT2D eigenvalue weighted by molar-refractivity contribution is 5.95. The van der Waals surface area contributed by atoms with E-state index in [9.17, 15) is 9.59 Å². The van der Waals surface area contributed by atoms with Gasteiger partial charge in [0.2, 0.25) is 5.91 Å². The third kappa shape index (κ3) is 3.85. The van der Waals surface area contributed by atoms with Crippen molar-refractivity contribution in [1.29, 1.82) is 0 Å². The minimum absolute atomic E-state index is 0.268. The summed E-state index contributed by atoms with van der Waals surface area (Å²) in [5, 5.41) is 4.56. The summed E-state index contributed by atoms with van der Waals surface area (Å²) in [6.45, 7) is 2.65. The molecule has 3 amide bonds. The van der Waals surface area contributed by atoms with E-state index in [4.69, 9.17) is 5.73 Å². The van der Waals surface area contributed by atoms with Gasteiger partial charge >= 0.3 is 6.03 Å². The fraction of sp³-hybridized carbons (Fsp3) is 0.778. The molecule has 1 aliphatic rings. The van der Waals surface area contributed by atoms with E-state index in [0.29, 0.717) is 12.5 Å². The summed E-state index contributed by atoms with van der Waals surface area (Å²) in [4.78, 5) is 24.2. The third-order valence-electron chi connectivity index (χ3n) is 2.55. The lowest BCUT2D eigenvalue weighted by atomic mass is 10.1. The zero-order chi connectivity index (χ0) is 11.3. The van der Waals surface area contributed by atoms with Crippen LogP contribution in [0.25, 0.3) is 0 Å². The van der Waals surface area contributed by atoms with Crippen molar-refractivity contribution in [2.45, 2.75) is 6.42 Å². The normalized spacial score (nSPS) is 21.3. The molecule has 0 spiro atoms. The first kappa shape index (κ1) is 11.9. The monoisotopic (exact) mass is 214 g/mol. The van der Waals surface area contributed by atoms with Crippen LogP contribution in [-0.4, -0.2) is 50.1 Å². The molecule has 1 saturated heterocycles. The van der Waals surface area contributed by atoms with Crippen molar-refractivity contribution in [3.63, 3.8) is 0 Å². The van der Waals surface area contributed by atoms with Gasteiger partial charge in [-0.15, -0.1) is 0 Å². The summed E-state index contributed by atoms with van der Waals surface area (Å²) < 4.78 is 0. The van der Waals surface area contributed by atoms with Crippen LogP contribution in [0.4, 0.5) is 4.79 Å². The van der Waals surface area contributed by atoms with Crippen molar-refractivity contribution in [3.05, 3.63) is 0 Å². The van der Waals surface area contributed by atoms with Crippen LogP contribution in [0.2, 0.25) is 0 Å². The molecule has 0 aromatic carbocycles. The van der Waals surface area contributed by atoms with Gasteiger partial charge in [0.1, 0.15) is 0 Å². The molecule has 4 N–H and O–H groups in total. The lowest BCUT2D eigenvalue weighted by Gasteiger charge is -2.14. The number of carbonyl (C=O) groups excluding carboxylic acids is 2. The highest BCUT2D eigenvalue weighted by Crippen LogP contribution is 2.13. The fourth-order valence-corrected chi connectivity index (χ4v) is 1.68. The fourth-order valence-electron chi connectivity index (χ4n) is 1.68. The first-order valence-corrected chi connectivity index (χ1v) is 5.09. The van der Waals surface area contributed by atoms with Crippen molar-refractivity contribution in [2.75, 3.05) is 33.2 Å². The molecular weight excluding hydrogens is 196 g/mol. The van der Waals surface area contributed by atoms with Crippen molar-refractivity contribution in [3.8, 4) is 0 Å². The Morgan fingerprint density at radius 2 is 2.27 bits per heavy atom. The lowest BCUT2D eigenvalue weighted by molar-refractivity contribution is -0.120. The number of nitrogens with two attached hydrogens (primary N) is 1. The number of urea groups is 1. The van der Waals surface area contributed by atoms with Crippen molar-refractivity contribution in [2.24, 2.45) is 11.7 Å². The van der Waals surface area contributed by atoms with E-state index >= 15 is 0 Å². The summed E-state index contributed by atoms with van der Waals surface area (Å²) in [5.41, 5.74) is 5.54. The maximum Gasteiger partial charge on any atom is 0.321 e. The second-order valence-corrected chi connectivity index (χ2v) is 3.75. The number of nitrogens with zero attached hydrogens (tertiary/aromatic N) is 1. The van der Waals surface area contributed by atoms with Crippen LogP contribution in [0.1, 0.15) is 6.42 Å². The highest BCUT2D eigenvalue weighted by atomic mass is 16.2. The van der Waals surface area contributed by atoms with Gasteiger partial charge in [-0.05, 0) is 25.4 Å². The first-order valence-electron chi connectivity index (χ1n) is 5.09. The molecule has 6 nitrogen and oxygen atoms in total. The smallest absolute Gasteiger partial charge is 0.321 e. The number of carbonyl (C=O) groups is 2. The van der Waals surface area contributed by atoms with E-state index in [1.165, 1.54) is 7.05 Å². The summed E-state index contributed by atoms with van der Waals surface area (Å²) in [7, 11) is 1.48. The largest absolute Gasteiger partial charge is 0.341 e. The molecule has 1 unspecified atom stereocenters. The van der Waals surface area contributed by atoms with Gasteiger partial charge < -0.3 is 11.1 Å². The van der Waals surface area contributed by atoms with E-state index in [-0.39, 0.29) is 12.5 Å². The lowest BCUT2D eigenvalue weighted by Crippen LogP contribution is -2.43.